The van der Waals surface area contributed by atoms with Gasteiger partial charge in [-0.25, -0.2) is 0 Å². The van der Waals surface area contributed by atoms with Gasteiger partial charge in [-0.15, -0.1) is 25.3 Å². The Kier molecular flexibility index (Phi) is 3.64. The van der Waals surface area contributed by atoms with Gasteiger partial charge in [0.2, 0.25) is 0 Å². The standard InChI is InChI=1S/C15H16OS2/c1-15(2,10-6-4-3-5-7-10)11-8-12(17)14(16)13(18)9-11/h3-9,16-18H,1-2H3. The van der Waals surface area contributed by atoms with Crippen molar-refractivity contribution in [1.82, 2.24) is 0 Å². The summed E-state index contributed by atoms with van der Waals surface area (Å²) in [5.41, 5.74) is 2.15. The molecule has 1 nitrogen and oxygen atoms in total. The number of phenols is 1. The zero-order chi connectivity index (χ0) is 13.3. The second kappa shape index (κ2) is 4.90. The van der Waals surface area contributed by atoms with Crippen LogP contribution in [0.4, 0.5) is 0 Å². The lowest BCUT2D eigenvalue weighted by Gasteiger charge is -2.27. The van der Waals surface area contributed by atoms with Crippen molar-refractivity contribution < 1.29 is 5.11 Å². The van der Waals surface area contributed by atoms with Crippen molar-refractivity contribution in [2.24, 2.45) is 0 Å². The van der Waals surface area contributed by atoms with Crippen LogP contribution in [0.1, 0.15) is 25.0 Å². The molecule has 0 unspecified atom stereocenters. The molecule has 0 heterocycles. The number of phenolic OH excluding ortho intramolecular Hbond substituents is 1. The zero-order valence-electron chi connectivity index (χ0n) is 10.4. The van der Waals surface area contributed by atoms with Gasteiger partial charge in [-0.3, -0.25) is 0 Å². The van der Waals surface area contributed by atoms with E-state index in [1.165, 1.54) is 5.56 Å². The van der Waals surface area contributed by atoms with Crippen LogP contribution in [0.25, 0.3) is 0 Å². The molecular weight excluding hydrogens is 260 g/mol. The fourth-order valence-electron chi connectivity index (χ4n) is 1.99. The molecule has 18 heavy (non-hydrogen) atoms. The largest absolute Gasteiger partial charge is 0.506 e. The number of thiol groups is 2. The first-order valence-electron chi connectivity index (χ1n) is 5.74. The Balaban J connectivity index is 2.54. The van der Waals surface area contributed by atoms with Crippen LogP contribution in [0.3, 0.4) is 0 Å². The van der Waals surface area contributed by atoms with E-state index in [9.17, 15) is 5.11 Å². The minimum atomic E-state index is -0.149. The van der Waals surface area contributed by atoms with Crippen molar-refractivity contribution in [1.29, 1.82) is 0 Å². The first-order valence-corrected chi connectivity index (χ1v) is 6.63. The predicted octanol–water partition coefficient (Wildman–Crippen LogP) is 4.30. The Morgan fingerprint density at radius 2 is 1.39 bits per heavy atom. The molecule has 2 aromatic rings. The van der Waals surface area contributed by atoms with Crippen LogP contribution in [0.15, 0.2) is 52.3 Å². The van der Waals surface area contributed by atoms with Crippen LogP contribution in [0, 0.1) is 0 Å². The van der Waals surface area contributed by atoms with Gasteiger partial charge in [-0.05, 0) is 23.3 Å². The third-order valence-corrected chi connectivity index (χ3v) is 3.97. The third kappa shape index (κ3) is 2.38. The molecular formula is C15H16OS2. The fraction of sp³-hybridized carbons (Fsp3) is 0.200. The van der Waals surface area contributed by atoms with E-state index in [1.54, 1.807) is 0 Å². The van der Waals surface area contributed by atoms with Crippen molar-refractivity contribution in [2.75, 3.05) is 0 Å². The fourth-order valence-corrected chi connectivity index (χ4v) is 2.59. The monoisotopic (exact) mass is 276 g/mol. The van der Waals surface area contributed by atoms with Crippen LogP contribution >= 0.6 is 25.3 Å². The number of aromatic hydroxyl groups is 1. The normalized spacial score (nSPS) is 11.6. The highest BCUT2D eigenvalue weighted by Gasteiger charge is 2.24. The Morgan fingerprint density at radius 3 is 1.89 bits per heavy atom. The van der Waals surface area contributed by atoms with Gasteiger partial charge in [-0.1, -0.05) is 44.2 Å². The van der Waals surface area contributed by atoms with E-state index in [1.807, 2.05) is 30.3 Å². The Bertz CT molecular complexity index is 539. The molecule has 0 aromatic heterocycles. The molecule has 0 aliphatic heterocycles. The van der Waals surface area contributed by atoms with Crippen molar-refractivity contribution in [3.8, 4) is 5.75 Å². The lowest BCUT2D eigenvalue weighted by Crippen LogP contribution is -2.18. The van der Waals surface area contributed by atoms with Crippen molar-refractivity contribution in [3.05, 3.63) is 53.6 Å². The number of hydrogen-bond donors (Lipinski definition) is 3. The van der Waals surface area contributed by atoms with Gasteiger partial charge in [0.15, 0.2) is 0 Å². The summed E-state index contributed by atoms with van der Waals surface area (Å²) in [7, 11) is 0. The lowest BCUT2D eigenvalue weighted by atomic mass is 9.78. The molecule has 0 fully saturated rings. The first kappa shape index (κ1) is 13.4. The van der Waals surface area contributed by atoms with Gasteiger partial charge in [0.25, 0.3) is 0 Å². The third-order valence-electron chi connectivity index (χ3n) is 3.29. The molecule has 2 rings (SSSR count). The summed E-state index contributed by atoms with van der Waals surface area (Å²) >= 11 is 8.57. The predicted molar refractivity (Wildman–Crippen MR) is 81.2 cm³/mol. The maximum atomic E-state index is 9.71. The second-order valence-corrected chi connectivity index (χ2v) is 5.82. The quantitative estimate of drug-likeness (QED) is 0.699. The summed E-state index contributed by atoms with van der Waals surface area (Å²) in [5, 5.41) is 9.71. The van der Waals surface area contributed by atoms with E-state index in [2.05, 4.69) is 51.2 Å². The van der Waals surface area contributed by atoms with Gasteiger partial charge < -0.3 is 5.11 Å². The molecule has 3 heteroatoms. The summed E-state index contributed by atoms with van der Waals surface area (Å²) in [5.74, 6) is 0.134. The number of hydrogen-bond acceptors (Lipinski definition) is 3. The van der Waals surface area contributed by atoms with E-state index in [4.69, 9.17) is 0 Å². The molecule has 0 aliphatic carbocycles. The zero-order valence-corrected chi connectivity index (χ0v) is 12.2. The van der Waals surface area contributed by atoms with Gasteiger partial charge >= 0.3 is 0 Å². The highest BCUT2D eigenvalue weighted by Crippen LogP contribution is 2.38. The summed E-state index contributed by atoms with van der Waals surface area (Å²) < 4.78 is 0. The molecule has 1 N–H and O–H groups in total. The Morgan fingerprint density at radius 1 is 0.889 bits per heavy atom. The van der Waals surface area contributed by atoms with Crippen LogP contribution in [0.5, 0.6) is 5.75 Å². The maximum absolute atomic E-state index is 9.71. The molecule has 2 aromatic carbocycles. The van der Waals surface area contributed by atoms with Crippen LogP contribution in [-0.2, 0) is 5.41 Å². The summed E-state index contributed by atoms with van der Waals surface area (Å²) in [6.45, 7) is 4.30. The van der Waals surface area contributed by atoms with E-state index in [0.717, 1.165) is 5.56 Å². The Labute approximate surface area is 119 Å². The summed E-state index contributed by atoms with van der Waals surface area (Å²) in [6.07, 6.45) is 0. The maximum Gasteiger partial charge on any atom is 0.142 e. The van der Waals surface area contributed by atoms with Crippen molar-refractivity contribution in [3.63, 3.8) is 0 Å². The number of benzene rings is 2. The van der Waals surface area contributed by atoms with Crippen LogP contribution in [-0.4, -0.2) is 5.11 Å². The lowest BCUT2D eigenvalue weighted by molar-refractivity contribution is 0.448. The number of rotatable bonds is 2. The SMILES string of the molecule is CC(C)(c1ccccc1)c1cc(S)c(O)c(S)c1. The molecule has 0 amide bonds. The highest BCUT2D eigenvalue weighted by molar-refractivity contribution is 7.81. The topological polar surface area (TPSA) is 20.2 Å². The van der Waals surface area contributed by atoms with Gasteiger partial charge in [0.1, 0.15) is 5.75 Å². The van der Waals surface area contributed by atoms with Crippen molar-refractivity contribution in [2.45, 2.75) is 29.1 Å². The average molecular weight is 276 g/mol. The molecule has 0 saturated heterocycles. The molecule has 0 radical (unpaired) electrons. The molecule has 0 atom stereocenters. The van der Waals surface area contributed by atoms with Gasteiger partial charge in [-0.2, -0.15) is 0 Å². The summed E-state index contributed by atoms with van der Waals surface area (Å²) in [4.78, 5) is 1.11. The molecule has 94 valence electrons. The minimum Gasteiger partial charge on any atom is -0.506 e. The smallest absolute Gasteiger partial charge is 0.142 e. The summed E-state index contributed by atoms with van der Waals surface area (Å²) in [6, 6.07) is 14.1. The van der Waals surface area contributed by atoms with Gasteiger partial charge in [0, 0.05) is 15.2 Å². The van der Waals surface area contributed by atoms with E-state index < -0.39 is 0 Å². The first-order chi connectivity index (χ1) is 8.43. The van der Waals surface area contributed by atoms with Crippen molar-refractivity contribution >= 4 is 25.3 Å². The molecule has 0 saturated carbocycles. The van der Waals surface area contributed by atoms with E-state index in [0.29, 0.717) is 9.79 Å². The van der Waals surface area contributed by atoms with E-state index >= 15 is 0 Å². The highest BCUT2D eigenvalue weighted by atomic mass is 32.1. The minimum absolute atomic E-state index is 0.134. The van der Waals surface area contributed by atoms with Crippen LogP contribution in [0.2, 0.25) is 0 Å². The van der Waals surface area contributed by atoms with Gasteiger partial charge in [0.05, 0.1) is 0 Å². The Hall–Kier alpha value is -1.06. The second-order valence-electron chi connectivity index (χ2n) is 4.85. The van der Waals surface area contributed by atoms with Crippen LogP contribution < -0.4 is 0 Å². The van der Waals surface area contributed by atoms with E-state index in [-0.39, 0.29) is 11.2 Å². The molecule has 0 aliphatic rings. The average Bonchev–Trinajstić information content (AvgIpc) is 2.36. The molecule has 0 spiro atoms. The molecule has 0 bridgehead atoms.